The van der Waals surface area contributed by atoms with Crippen molar-refractivity contribution in [2.75, 3.05) is 13.2 Å². The van der Waals surface area contributed by atoms with Crippen molar-refractivity contribution >= 4 is 17.9 Å². The van der Waals surface area contributed by atoms with Gasteiger partial charge in [0.25, 0.3) is 0 Å². The summed E-state index contributed by atoms with van der Waals surface area (Å²) in [5.74, 6) is -0.928. The number of esters is 3. The van der Waals surface area contributed by atoms with Gasteiger partial charge in [0.2, 0.25) is 0 Å². The minimum Gasteiger partial charge on any atom is -0.462 e. The van der Waals surface area contributed by atoms with E-state index in [0.29, 0.717) is 19.3 Å². The lowest BCUT2D eigenvalue weighted by Crippen LogP contribution is -2.30. The molecule has 0 saturated carbocycles. The lowest BCUT2D eigenvalue weighted by atomic mass is 10.0. The molecule has 0 aliphatic rings. The Morgan fingerprint density at radius 2 is 0.476 bits per heavy atom. The molecular formula is C76H132O6. The molecule has 0 aromatic carbocycles. The van der Waals surface area contributed by atoms with E-state index >= 15 is 0 Å². The quantitative estimate of drug-likeness (QED) is 0.0261. The lowest BCUT2D eigenvalue weighted by molar-refractivity contribution is -0.167. The topological polar surface area (TPSA) is 78.9 Å². The first-order chi connectivity index (χ1) is 40.5. The molecule has 0 rings (SSSR count). The molecule has 0 saturated heterocycles. The van der Waals surface area contributed by atoms with Gasteiger partial charge in [0.15, 0.2) is 6.10 Å². The molecule has 1 unspecified atom stereocenters. The SMILES string of the molecule is CC/C=C\C/C=C\C/C=C\C/C=C\C/C=C\C/C=C\CCCCC(=O)OC(COC(=O)CCCCCCCCC/C=C\CCCCCCCCC)COC(=O)CCCCCCCCCCCCCCC/C=C\CCCCCCCCCC. The molecule has 0 aromatic heterocycles. The summed E-state index contributed by atoms with van der Waals surface area (Å²) in [6.07, 6.45) is 94.3. The van der Waals surface area contributed by atoms with E-state index in [0.717, 1.165) is 89.9 Å². The van der Waals surface area contributed by atoms with Gasteiger partial charge >= 0.3 is 17.9 Å². The van der Waals surface area contributed by atoms with E-state index in [1.165, 1.54) is 212 Å². The number of hydrogen-bond donors (Lipinski definition) is 0. The number of carbonyl (C=O) groups is 3. The molecule has 0 amide bonds. The van der Waals surface area contributed by atoms with E-state index in [4.69, 9.17) is 14.2 Å². The standard InChI is InChI=1S/C76H132O6/c1-4-7-10-13-16-19-22-25-28-31-34-36-37-38-39-41-42-45-48-51-54-57-60-63-66-69-75(78)81-72-73(71-80-74(77)68-65-62-59-56-53-50-47-44-33-30-27-24-21-18-15-12-9-6-3)82-76(79)70-67-64-61-58-55-52-49-46-43-40-35-32-29-26-23-20-17-14-11-8-5-2/h8,11,17,20,26,29-31,33-35,40,46,49,55,58,73H,4-7,9-10,12-16,18-19,21-25,27-28,32,36-39,41-45,47-48,50-54,56-57,59-72H2,1-3H3/b11-8-,20-17-,29-26-,33-30-,34-31-,40-35-,49-46-,58-55-. The first-order valence-electron chi connectivity index (χ1n) is 35.2. The summed E-state index contributed by atoms with van der Waals surface area (Å²) in [7, 11) is 0. The van der Waals surface area contributed by atoms with Crippen LogP contribution in [-0.2, 0) is 28.6 Å². The predicted octanol–water partition coefficient (Wildman–Crippen LogP) is 24.4. The summed E-state index contributed by atoms with van der Waals surface area (Å²) < 4.78 is 17.0. The maximum absolute atomic E-state index is 12.9. The Bertz CT molecular complexity index is 1590. The van der Waals surface area contributed by atoms with E-state index in [2.05, 4.69) is 118 Å². The Kier molecular flexibility index (Phi) is 66.7. The molecule has 6 heteroatoms. The van der Waals surface area contributed by atoms with Gasteiger partial charge in [-0.05, 0) is 122 Å². The number of ether oxygens (including phenoxy) is 3. The van der Waals surface area contributed by atoms with Crippen molar-refractivity contribution < 1.29 is 28.6 Å². The van der Waals surface area contributed by atoms with Gasteiger partial charge in [0.1, 0.15) is 13.2 Å². The average molecular weight is 1140 g/mol. The fourth-order valence-electron chi connectivity index (χ4n) is 10.0. The maximum atomic E-state index is 12.9. The second kappa shape index (κ2) is 69.8. The van der Waals surface area contributed by atoms with Crippen LogP contribution in [0.15, 0.2) is 97.2 Å². The third-order valence-corrected chi connectivity index (χ3v) is 15.3. The highest BCUT2D eigenvalue weighted by Gasteiger charge is 2.19. The molecule has 0 aromatic rings. The van der Waals surface area contributed by atoms with Crippen LogP contribution in [-0.4, -0.2) is 37.2 Å². The van der Waals surface area contributed by atoms with Crippen LogP contribution in [0.25, 0.3) is 0 Å². The fourth-order valence-corrected chi connectivity index (χ4v) is 10.0. The summed E-state index contributed by atoms with van der Waals surface area (Å²) in [4.78, 5) is 38.5. The van der Waals surface area contributed by atoms with Crippen LogP contribution in [0.4, 0.5) is 0 Å². The number of unbranched alkanes of at least 4 members (excludes halogenated alkanes) is 37. The molecule has 0 radical (unpaired) electrons. The van der Waals surface area contributed by atoms with Crippen molar-refractivity contribution in [2.45, 2.75) is 354 Å². The van der Waals surface area contributed by atoms with Crippen LogP contribution in [0.2, 0.25) is 0 Å². The Morgan fingerprint density at radius 1 is 0.256 bits per heavy atom. The Balaban J connectivity index is 4.41. The van der Waals surface area contributed by atoms with Gasteiger partial charge in [-0.25, -0.2) is 0 Å². The Morgan fingerprint density at radius 3 is 0.780 bits per heavy atom. The lowest BCUT2D eigenvalue weighted by Gasteiger charge is -2.18. The third kappa shape index (κ3) is 67.1. The first kappa shape index (κ1) is 78.3. The van der Waals surface area contributed by atoms with E-state index in [1.54, 1.807) is 0 Å². The summed E-state index contributed by atoms with van der Waals surface area (Å²) in [5.41, 5.74) is 0. The molecule has 472 valence electrons. The largest absolute Gasteiger partial charge is 0.462 e. The van der Waals surface area contributed by atoms with Crippen LogP contribution in [0, 0.1) is 0 Å². The highest BCUT2D eigenvalue weighted by Crippen LogP contribution is 2.17. The molecule has 0 aliphatic heterocycles. The normalized spacial score (nSPS) is 12.7. The zero-order valence-electron chi connectivity index (χ0n) is 54.2. The fraction of sp³-hybridized carbons (Fsp3) is 0.750. The minimum absolute atomic E-state index is 0.0951. The molecule has 82 heavy (non-hydrogen) atoms. The van der Waals surface area contributed by atoms with Crippen LogP contribution >= 0.6 is 0 Å². The van der Waals surface area contributed by atoms with Crippen molar-refractivity contribution in [1.82, 2.24) is 0 Å². The smallest absolute Gasteiger partial charge is 0.306 e. The summed E-state index contributed by atoms with van der Waals surface area (Å²) in [6, 6.07) is 0. The number of carbonyl (C=O) groups excluding carboxylic acids is 3. The van der Waals surface area contributed by atoms with Crippen molar-refractivity contribution in [3.63, 3.8) is 0 Å². The molecule has 0 spiro atoms. The van der Waals surface area contributed by atoms with Crippen LogP contribution in [0.5, 0.6) is 0 Å². The van der Waals surface area contributed by atoms with Gasteiger partial charge in [-0.1, -0.05) is 304 Å². The van der Waals surface area contributed by atoms with E-state index in [-0.39, 0.29) is 37.5 Å². The zero-order valence-corrected chi connectivity index (χ0v) is 54.2. The Hall–Kier alpha value is -3.67. The molecule has 0 heterocycles. The number of hydrogen-bond acceptors (Lipinski definition) is 6. The van der Waals surface area contributed by atoms with Crippen LogP contribution in [0.1, 0.15) is 348 Å². The van der Waals surface area contributed by atoms with E-state index < -0.39 is 6.10 Å². The summed E-state index contributed by atoms with van der Waals surface area (Å²) in [6.45, 7) is 6.53. The van der Waals surface area contributed by atoms with Crippen LogP contribution in [0.3, 0.4) is 0 Å². The van der Waals surface area contributed by atoms with Crippen molar-refractivity contribution in [3.05, 3.63) is 97.2 Å². The molecule has 0 N–H and O–H groups in total. The second-order valence-electron chi connectivity index (χ2n) is 23.4. The molecule has 0 bridgehead atoms. The molecule has 1 atom stereocenters. The highest BCUT2D eigenvalue weighted by atomic mass is 16.6. The number of allylic oxidation sites excluding steroid dienone is 16. The zero-order chi connectivity index (χ0) is 59.2. The summed E-state index contributed by atoms with van der Waals surface area (Å²) in [5, 5.41) is 0. The second-order valence-corrected chi connectivity index (χ2v) is 23.4. The first-order valence-corrected chi connectivity index (χ1v) is 35.2. The van der Waals surface area contributed by atoms with Gasteiger partial charge in [0, 0.05) is 19.3 Å². The van der Waals surface area contributed by atoms with Gasteiger partial charge < -0.3 is 14.2 Å². The third-order valence-electron chi connectivity index (χ3n) is 15.3. The predicted molar refractivity (Wildman–Crippen MR) is 357 cm³/mol. The van der Waals surface area contributed by atoms with E-state index in [1.807, 2.05) is 0 Å². The minimum atomic E-state index is -0.805. The van der Waals surface area contributed by atoms with Gasteiger partial charge in [-0.15, -0.1) is 0 Å². The molecule has 6 nitrogen and oxygen atoms in total. The van der Waals surface area contributed by atoms with Gasteiger partial charge in [0.05, 0.1) is 0 Å². The Labute approximate surface area is 508 Å². The maximum Gasteiger partial charge on any atom is 0.306 e. The molecular weight excluding hydrogens is 1010 g/mol. The van der Waals surface area contributed by atoms with Crippen LogP contribution < -0.4 is 0 Å². The van der Waals surface area contributed by atoms with Crippen molar-refractivity contribution in [3.8, 4) is 0 Å². The number of rotatable bonds is 64. The summed E-state index contributed by atoms with van der Waals surface area (Å²) >= 11 is 0. The molecule has 0 aliphatic carbocycles. The average Bonchev–Trinajstić information content (AvgIpc) is 3.47. The monoisotopic (exact) mass is 1140 g/mol. The van der Waals surface area contributed by atoms with Gasteiger partial charge in [-0.3, -0.25) is 14.4 Å². The van der Waals surface area contributed by atoms with E-state index in [9.17, 15) is 14.4 Å². The highest BCUT2D eigenvalue weighted by molar-refractivity contribution is 5.71. The molecule has 0 fully saturated rings. The van der Waals surface area contributed by atoms with Crippen molar-refractivity contribution in [2.24, 2.45) is 0 Å². The van der Waals surface area contributed by atoms with Crippen molar-refractivity contribution in [1.29, 1.82) is 0 Å². The van der Waals surface area contributed by atoms with Gasteiger partial charge in [-0.2, -0.15) is 0 Å².